The second-order valence-corrected chi connectivity index (χ2v) is 5.63. The van der Waals surface area contributed by atoms with Crippen LogP contribution in [0.3, 0.4) is 0 Å². The highest BCUT2D eigenvalue weighted by molar-refractivity contribution is 5.87. The van der Waals surface area contributed by atoms with Crippen molar-refractivity contribution >= 4 is 22.8 Å². The van der Waals surface area contributed by atoms with Crippen molar-refractivity contribution in [2.24, 2.45) is 11.1 Å². The molecule has 2 aromatic heterocycles. The molecule has 118 valence electrons. The Balaban J connectivity index is 1.79. The molecule has 7 nitrogen and oxygen atoms in total. The Morgan fingerprint density at radius 1 is 1.45 bits per heavy atom. The van der Waals surface area contributed by atoms with Crippen molar-refractivity contribution in [1.29, 1.82) is 0 Å². The van der Waals surface area contributed by atoms with Gasteiger partial charge in [-0.2, -0.15) is 0 Å². The quantitative estimate of drug-likeness (QED) is 0.820. The fourth-order valence-electron chi connectivity index (χ4n) is 3.03. The van der Waals surface area contributed by atoms with Crippen LogP contribution in [0, 0.1) is 5.41 Å². The number of anilines is 1. The molecule has 3 rings (SSSR count). The number of fused-ring (bicyclic) bond motifs is 1. The van der Waals surface area contributed by atoms with Crippen molar-refractivity contribution in [3.8, 4) is 0 Å². The third kappa shape index (κ3) is 2.41. The second kappa shape index (κ2) is 5.92. The summed E-state index contributed by atoms with van der Waals surface area (Å²) in [6.45, 7) is 3.99. The smallest absolute Gasteiger partial charge is 0.313 e. The summed E-state index contributed by atoms with van der Waals surface area (Å²) in [6, 6.07) is 1.97. The monoisotopic (exact) mass is 303 g/mol. The van der Waals surface area contributed by atoms with E-state index in [1.54, 1.807) is 6.33 Å². The van der Waals surface area contributed by atoms with Gasteiger partial charge >= 0.3 is 5.97 Å². The van der Waals surface area contributed by atoms with Gasteiger partial charge in [0.05, 0.1) is 17.4 Å². The van der Waals surface area contributed by atoms with Gasteiger partial charge in [-0.3, -0.25) is 4.79 Å². The summed E-state index contributed by atoms with van der Waals surface area (Å²) in [5, 5.41) is 0.999. The number of carbonyl (C=O) groups is 1. The molecule has 0 radical (unpaired) electrons. The summed E-state index contributed by atoms with van der Waals surface area (Å²) in [4.78, 5) is 26.1. The van der Waals surface area contributed by atoms with Gasteiger partial charge in [0.15, 0.2) is 0 Å². The van der Waals surface area contributed by atoms with Gasteiger partial charge in [0.1, 0.15) is 17.8 Å². The van der Waals surface area contributed by atoms with Crippen molar-refractivity contribution in [2.45, 2.75) is 19.8 Å². The predicted molar refractivity (Wildman–Crippen MR) is 83.5 cm³/mol. The van der Waals surface area contributed by atoms with E-state index in [9.17, 15) is 4.79 Å². The molecule has 0 bridgehead atoms. The molecule has 3 heterocycles. The number of hydrogen-bond donors (Lipinski definition) is 2. The average Bonchev–Trinajstić information content (AvgIpc) is 3.04. The third-order valence-electron chi connectivity index (χ3n) is 4.45. The van der Waals surface area contributed by atoms with Crippen LogP contribution in [0.2, 0.25) is 0 Å². The molecule has 0 aliphatic carbocycles. The number of H-pyrrole nitrogens is 1. The van der Waals surface area contributed by atoms with E-state index < -0.39 is 5.41 Å². The normalized spacial score (nSPS) is 17.6. The van der Waals surface area contributed by atoms with Crippen LogP contribution < -0.4 is 10.6 Å². The fraction of sp³-hybridized carbons (Fsp3) is 0.533. The summed E-state index contributed by atoms with van der Waals surface area (Å²) >= 11 is 0. The molecule has 1 aliphatic heterocycles. The molecule has 22 heavy (non-hydrogen) atoms. The number of carbonyl (C=O) groups excluding carboxylic acids is 1. The molecule has 1 aliphatic rings. The first kappa shape index (κ1) is 14.8. The maximum absolute atomic E-state index is 12.2. The molecule has 0 spiro atoms. The number of rotatable bonds is 4. The van der Waals surface area contributed by atoms with Gasteiger partial charge in [-0.15, -0.1) is 0 Å². The minimum absolute atomic E-state index is 0.174. The van der Waals surface area contributed by atoms with Crippen molar-refractivity contribution in [2.75, 3.05) is 31.1 Å². The lowest BCUT2D eigenvalue weighted by Gasteiger charge is -2.39. The van der Waals surface area contributed by atoms with Crippen molar-refractivity contribution < 1.29 is 9.53 Å². The minimum atomic E-state index is -0.559. The molecule has 0 unspecified atom stereocenters. The van der Waals surface area contributed by atoms with E-state index in [0.29, 0.717) is 26.0 Å². The fourth-order valence-corrected chi connectivity index (χ4v) is 3.03. The van der Waals surface area contributed by atoms with Gasteiger partial charge in [0.2, 0.25) is 0 Å². The summed E-state index contributed by atoms with van der Waals surface area (Å²) in [5.74, 6) is 0.729. The van der Waals surface area contributed by atoms with Crippen LogP contribution in [-0.2, 0) is 9.53 Å². The van der Waals surface area contributed by atoms with E-state index in [2.05, 4.69) is 19.9 Å². The number of aromatic amines is 1. The third-order valence-corrected chi connectivity index (χ3v) is 4.45. The highest BCUT2D eigenvalue weighted by Crippen LogP contribution is 2.34. The number of hydrogen-bond acceptors (Lipinski definition) is 6. The van der Waals surface area contributed by atoms with Gasteiger partial charge in [-0.1, -0.05) is 0 Å². The van der Waals surface area contributed by atoms with Crippen molar-refractivity contribution in [1.82, 2.24) is 15.0 Å². The largest absolute Gasteiger partial charge is 0.466 e. The van der Waals surface area contributed by atoms with Crippen molar-refractivity contribution in [3.63, 3.8) is 0 Å². The average molecular weight is 303 g/mol. The summed E-state index contributed by atoms with van der Waals surface area (Å²) in [7, 11) is 0. The molecule has 3 N–H and O–H groups in total. The maximum atomic E-state index is 12.2. The molecular weight excluding hydrogens is 282 g/mol. The number of ether oxygens (including phenoxy) is 1. The first-order valence-electron chi connectivity index (χ1n) is 7.60. The molecule has 0 saturated carbocycles. The standard InChI is InChI=1S/C15H21N5O2/c1-2-22-14(21)15(9-16)4-7-20(8-5-15)13-11-3-6-17-12(11)18-10-19-13/h3,6,10H,2,4-5,7-9,16H2,1H3,(H,17,18,19). The summed E-state index contributed by atoms with van der Waals surface area (Å²) in [6.07, 6.45) is 4.77. The Hall–Kier alpha value is -2.15. The summed E-state index contributed by atoms with van der Waals surface area (Å²) in [5.41, 5.74) is 6.14. The Morgan fingerprint density at radius 3 is 2.91 bits per heavy atom. The van der Waals surface area contributed by atoms with Crippen LogP contribution in [0.15, 0.2) is 18.6 Å². The van der Waals surface area contributed by atoms with Crippen LogP contribution in [0.4, 0.5) is 5.82 Å². The second-order valence-electron chi connectivity index (χ2n) is 5.63. The van der Waals surface area contributed by atoms with Crippen LogP contribution in [0.5, 0.6) is 0 Å². The Kier molecular flexibility index (Phi) is 3.98. The van der Waals surface area contributed by atoms with Crippen LogP contribution in [0.25, 0.3) is 11.0 Å². The van der Waals surface area contributed by atoms with Crippen LogP contribution >= 0.6 is 0 Å². The zero-order valence-corrected chi connectivity index (χ0v) is 12.7. The van der Waals surface area contributed by atoms with Gasteiger partial charge in [-0.05, 0) is 25.8 Å². The zero-order valence-electron chi connectivity index (χ0n) is 12.7. The maximum Gasteiger partial charge on any atom is 0.313 e. The first-order valence-corrected chi connectivity index (χ1v) is 7.60. The zero-order chi connectivity index (χ0) is 15.6. The molecule has 0 aromatic carbocycles. The van der Waals surface area contributed by atoms with E-state index in [4.69, 9.17) is 10.5 Å². The van der Waals surface area contributed by atoms with Gasteiger partial charge < -0.3 is 20.4 Å². The Labute approximate surface area is 128 Å². The number of piperidine rings is 1. The van der Waals surface area contributed by atoms with Crippen LogP contribution in [-0.4, -0.2) is 47.2 Å². The van der Waals surface area contributed by atoms with Crippen LogP contribution in [0.1, 0.15) is 19.8 Å². The first-order chi connectivity index (χ1) is 10.7. The highest BCUT2D eigenvalue weighted by Gasteiger charge is 2.42. The topological polar surface area (TPSA) is 97.1 Å². The van der Waals surface area contributed by atoms with E-state index >= 15 is 0 Å². The van der Waals surface area contributed by atoms with Crippen molar-refractivity contribution in [3.05, 3.63) is 18.6 Å². The number of nitrogens with one attached hydrogen (secondary N) is 1. The molecule has 2 aromatic rings. The molecule has 7 heteroatoms. The van der Waals surface area contributed by atoms with Gasteiger partial charge in [0.25, 0.3) is 0 Å². The molecule has 0 amide bonds. The number of esters is 1. The number of aromatic nitrogens is 3. The number of nitrogens with two attached hydrogens (primary N) is 1. The Morgan fingerprint density at radius 2 is 2.23 bits per heavy atom. The minimum Gasteiger partial charge on any atom is -0.466 e. The lowest BCUT2D eigenvalue weighted by molar-refractivity contribution is -0.156. The lowest BCUT2D eigenvalue weighted by atomic mass is 9.78. The molecule has 1 saturated heterocycles. The molecule has 0 atom stereocenters. The van der Waals surface area contributed by atoms with E-state index in [1.807, 2.05) is 19.2 Å². The van der Waals surface area contributed by atoms with Gasteiger partial charge in [0, 0.05) is 25.8 Å². The van der Waals surface area contributed by atoms with E-state index in [1.165, 1.54) is 0 Å². The lowest BCUT2D eigenvalue weighted by Crippen LogP contribution is -2.49. The molecular formula is C15H21N5O2. The predicted octanol–water partition coefficient (Wildman–Crippen LogP) is 1.07. The SMILES string of the molecule is CCOC(=O)C1(CN)CCN(c2ncnc3[nH]ccc23)CC1. The van der Waals surface area contributed by atoms with Gasteiger partial charge in [-0.25, -0.2) is 9.97 Å². The molecule has 1 fully saturated rings. The Bertz CT molecular complexity index is 661. The van der Waals surface area contributed by atoms with E-state index in [0.717, 1.165) is 29.9 Å². The van der Waals surface area contributed by atoms with E-state index in [-0.39, 0.29) is 5.97 Å². The highest BCUT2D eigenvalue weighted by atomic mass is 16.5. The number of nitrogens with zero attached hydrogens (tertiary/aromatic N) is 3. The summed E-state index contributed by atoms with van der Waals surface area (Å²) < 4.78 is 5.21.